The smallest absolute Gasteiger partial charge is 1.00 e. The normalized spacial score (nSPS) is 15.8. The fourth-order valence-electron chi connectivity index (χ4n) is 0.904. The van der Waals surface area contributed by atoms with Crippen molar-refractivity contribution in [1.29, 1.82) is 0 Å². The van der Waals surface area contributed by atoms with Crippen LogP contribution in [0.4, 0.5) is 0 Å². The van der Waals surface area contributed by atoms with Crippen LogP contribution in [0.25, 0.3) is 0 Å². The van der Waals surface area contributed by atoms with E-state index in [1.165, 1.54) is 6.42 Å². The molecule has 1 amide bonds. The number of carbonyl (C=O) groups excluding carboxylic acids is 1. The predicted molar refractivity (Wildman–Crippen MR) is 37.2 cm³/mol. The Labute approximate surface area is 95.8 Å². The van der Waals surface area contributed by atoms with Gasteiger partial charge in [0, 0.05) is 13.0 Å². The van der Waals surface area contributed by atoms with Crippen molar-refractivity contribution < 1.29 is 29.6 Å². The summed E-state index contributed by atoms with van der Waals surface area (Å²) in [6.45, 7) is 0.888. The van der Waals surface area contributed by atoms with Crippen LogP contribution in [-0.4, -0.2) is 35.5 Å². The zero-order valence-corrected chi connectivity index (χ0v) is 9.33. The van der Waals surface area contributed by atoms with Crippen LogP contribution in [0.1, 0.15) is 25.7 Å². The minimum Gasteiger partial charge on any atom is -1.00 e. The van der Waals surface area contributed by atoms with Crippen molar-refractivity contribution in [2.75, 3.05) is 6.54 Å². The van der Waals surface area contributed by atoms with E-state index in [2.05, 4.69) is 5.32 Å². The summed E-state index contributed by atoms with van der Waals surface area (Å²) in [6.07, 6.45) is 4.18. The summed E-state index contributed by atoms with van der Waals surface area (Å²) >= 11 is 0. The minimum absolute atomic E-state index is 0. The van der Waals surface area contributed by atoms with Crippen LogP contribution >= 0.6 is 0 Å². The van der Waals surface area contributed by atoms with Gasteiger partial charge in [-0.2, -0.15) is 0 Å². The number of halogens is 2. The molecule has 0 bridgehead atoms. The number of hydrogen-bond donors (Lipinski definition) is 1. The maximum absolute atomic E-state index is 10.6. The van der Waals surface area contributed by atoms with Gasteiger partial charge in [-0.05, 0) is 12.8 Å². The number of carbonyl (C=O) groups is 1. The molecule has 0 saturated carbocycles. The molecule has 0 aromatic carbocycles. The SMILES string of the molecule is O=C1CCCCCN1.[Cl-].[Cl-].[Mg+2]. The number of amides is 1. The van der Waals surface area contributed by atoms with Crippen molar-refractivity contribution in [1.82, 2.24) is 5.32 Å². The van der Waals surface area contributed by atoms with Gasteiger partial charge in [-0.1, -0.05) is 6.42 Å². The van der Waals surface area contributed by atoms with E-state index in [1.54, 1.807) is 0 Å². The maximum atomic E-state index is 10.6. The van der Waals surface area contributed by atoms with Crippen LogP contribution in [0, 0.1) is 0 Å². The van der Waals surface area contributed by atoms with E-state index in [1.807, 2.05) is 0 Å². The summed E-state index contributed by atoms with van der Waals surface area (Å²) in [5.74, 6) is 0.225. The molecule has 1 aliphatic heterocycles. The average molecular weight is 208 g/mol. The quantitative estimate of drug-likeness (QED) is 0.395. The molecule has 1 fully saturated rings. The third kappa shape index (κ3) is 8.72. The molecule has 1 aliphatic rings. The molecule has 0 aliphatic carbocycles. The Morgan fingerprint density at radius 3 is 2.36 bits per heavy atom. The molecule has 1 saturated heterocycles. The Balaban J connectivity index is -0.000000213. The van der Waals surface area contributed by atoms with Crippen molar-refractivity contribution in [3.63, 3.8) is 0 Å². The van der Waals surface area contributed by atoms with Crippen LogP contribution in [0.3, 0.4) is 0 Å². The van der Waals surface area contributed by atoms with Gasteiger partial charge in [-0.15, -0.1) is 0 Å². The van der Waals surface area contributed by atoms with E-state index in [0.717, 1.165) is 25.8 Å². The summed E-state index contributed by atoms with van der Waals surface area (Å²) in [5, 5.41) is 2.81. The number of rotatable bonds is 0. The van der Waals surface area contributed by atoms with E-state index < -0.39 is 0 Å². The van der Waals surface area contributed by atoms with Crippen LogP contribution < -0.4 is 30.1 Å². The second kappa shape index (κ2) is 10.8. The third-order valence-electron chi connectivity index (χ3n) is 1.40. The predicted octanol–water partition coefficient (Wildman–Crippen LogP) is -5.70. The second-order valence-corrected chi connectivity index (χ2v) is 2.16. The number of nitrogens with one attached hydrogen (secondary N) is 1. The molecule has 0 aromatic heterocycles. The summed E-state index contributed by atoms with van der Waals surface area (Å²) in [6, 6.07) is 0. The Hall–Kier alpha value is 0.816. The van der Waals surface area contributed by atoms with Crippen molar-refractivity contribution in [2.24, 2.45) is 0 Å². The van der Waals surface area contributed by atoms with Crippen LogP contribution in [-0.2, 0) is 4.79 Å². The molecule has 2 nitrogen and oxygen atoms in total. The fourth-order valence-corrected chi connectivity index (χ4v) is 0.904. The Kier molecular flexibility index (Phi) is 17.5. The largest absolute Gasteiger partial charge is 2.00 e. The van der Waals surface area contributed by atoms with Gasteiger partial charge in [0.25, 0.3) is 0 Å². The second-order valence-electron chi connectivity index (χ2n) is 2.16. The van der Waals surface area contributed by atoms with Gasteiger partial charge in [0.2, 0.25) is 5.91 Å². The molecular weight excluding hydrogens is 197 g/mol. The van der Waals surface area contributed by atoms with E-state index >= 15 is 0 Å². The Bertz CT molecular complexity index is 92.6. The average Bonchev–Trinajstić information content (AvgIpc) is 1.94. The monoisotopic (exact) mass is 207 g/mol. The Morgan fingerprint density at radius 2 is 1.73 bits per heavy atom. The first-order valence-electron chi connectivity index (χ1n) is 3.16. The van der Waals surface area contributed by atoms with Crippen molar-refractivity contribution >= 4 is 29.0 Å². The summed E-state index contributed by atoms with van der Waals surface area (Å²) in [4.78, 5) is 10.6. The first kappa shape index (κ1) is 17.8. The maximum Gasteiger partial charge on any atom is 2.00 e. The molecule has 0 radical (unpaired) electrons. The third-order valence-corrected chi connectivity index (χ3v) is 1.40. The van der Waals surface area contributed by atoms with Gasteiger partial charge in [0.15, 0.2) is 0 Å². The molecule has 1 N–H and O–H groups in total. The minimum atomic E-state index is 0. The van der Waals surface area contributed by atoms with Crippen LogP contribution in [0.5, 0.6) is 0 Å². The van der Waals surface area contributed by atoms with E-state index in [4.69, 9.17) is 0 Å². The van der Waals surface area contributed by atoms with Crippen molar-refractivity contribution in [3.8, 4) is 0 Å². The molecular formula is C6H11Cl2MgNO. The first-order chi connectivity index (χ1) is 3.89. The zero-order valence-electron chi connectivity index (χ0n) is 6.41. The standard InChI is InChI=1S/C6H11NO.2ClH.Mg/c8-6-4-2-1-3-5-7-6;;;/h1-5H2,(H,7,8);2*1H;/q;;;+2/p-2. The van der Waals surface area contributed by atoms with Crippen molar-refractivity contribution in [2.45, 2.75) is 25.7 Å². The summed E-state index contributed by atoms with van der Waals surface area (Å²) in [7, 11) is 0. The molecule has 62 valence electrons. The molecule has 0 spiro atoms. The summed E-state index contributed by atoms with van der Waals surface area (Å²) < 4.78 is 0. The van der Waals surface area contributed by atoms with Gasteiger partial charge in [0.05, 0.1) is 0 Å². The molecule has 1 rings (SSSR count). The molecule has 11 heavy (non-hydrogen) atoms. The summed E-state index contributed by atoms with van der Waals surface area (Å²) in [5.41, 5.74) is 0. The van der Waals surface area contributed by atoms with E-state index in [-0.39, 0.29) is 53.8 Å². The van der Waals surface area contributed by atoms with Gasteiger partial charge < -0.3 is 30.1 Å². The van der Waals surface area contributed by atoms with E-state index in [0.29, 0.717) is 0 Å². The fraction of sp³-hybridized carbons (Fsp3) is 0.833. The topological polar surface area (TPSA) is 29.1 Å². The van der Waals surface area contributed by atoms with Gasteiger partial charge in [-0.25, -0.2) is 0 Å². The molecule has 0 atom stereocenters. The molecule has 1 heterocycles. The van der Waals surface area contributed by atoms with Crippen LogP contribution in [0.2, 0.25) is 0 Å². The molecule has 5 heteroatoms. The zero-order chi connectivity index (χ0) is 5.82. The van der Waals surface area contributed by atoms with Gasteiger partial charge in [-0.3, -0.25) is 4.79 Å². The number of hydrogen-bond acceptors (Lipinski definition) is 1. The van der Waals surface area contributed by atoms with Crippen molar-refractivity contribution in [3.05, 3.63) is 0 Å². The van der Waals surface area contributed by atoms with Gasteiger partial charge >= 0.3 is 23.1 Å². The first-order valence-corrected chi connectivity index (χ1v) is 3.16. The Morgan fingerprint density at radius 1 is 1.09 bits per heavy atom. The molecule has 0 unspecified atom stereocenters. The van der Waals surface area contributed by atoms with Gasteiger partial charge in [0.1, 0.15) is 0 Å². The van der Waals surface area contributed by atoms with E-state index in [9.17, 15) is 4.79 Å². The van der Waals surface area contributed by atoms with Crippen LogP contribution in [0.15, 0.2) is 0 Å². The molecule has 0 aromatic rings.